The van der Waals surface area contributed by atoms with Crippen LogP contribution in [0.2, 0.25) is 0 Å². The lowest BCUT2D eigenvalue weighted by Crippen LogP contribution is -2.11. The van der Waals surface area contributed by atoms with Gasteiger partial charge in [0.1, 0.15) is 11.9 Å². The minimum absolute atomic E-state index is 0.150. The summed E-state index contributed by atoms with van der Waals surface area (Å²) in [7, 11) is 0. The summed E-state index contributed by atoms with van der Waals surface area (Å²) in [5, 5.41) is 19.1. The van der Waals surface area contributed by atoms with Crippen LogP contribution in [0.3, 0.4) is 0 Å². The molecule has 4 nitrogen and oxygen atoms in total. The molecule has 102 valence electrons. The van der Waals surface area contributed by atoms with Gasteiger partial charge in [0.25, 0.3) is 0 Å². The van der Waals surface area contributed by atoms with Crippen LogP contribution in [-0.4, -0.2) is 22.3 Å². The Morgan fingerprint density at radius 1 is 1.16 bits per heavy atom. The number of benzene rings is 1. The number of phenolic OH excluding ortho intramolecular Hbond substituents is 1. The quantitative estimate of drug-likeness (QED) is 0.632. The van der Waals surface area contributed by atoms with E-state index in [1.54, 1.807) is 12.1 Å². The summed E-state index contributed by atoms with van der Waals surface area (Å²) in [4.78, 5) is 11.5. The highest BCUT2D eigenvalue weighted by Crippen LogP contribution is 2.33. The molecular formula is C15H18O4. The molecule has 2 rings (SSSR count). The number of rotatable bonds is 5. The maximum absolute atomic E-state index is 11.5. The van der Waals surface area contributed by atoms with Gasteiger partial charge in [-0.05, 0) is 30.5 Å². The smallest absolute Gasteiger partial charge is 0.374 e. The third-order valence-corrected chi connectivity index (χ3v) is 3.27. The van der Waals surface area contributed by atoms with Crippen molar-refractivity contribution >= 4 is 11.5 Å². The van der Waals surface area contributed by atoms with Crippen LogP contribution in [0.1, 0.15) is 38.2 Å². The summed E-state index contributed by atoms with van der Waals surface area (Å²) in [6, 6.07) is 6.41. The summed E-state index contributed by atoms with van der Waals surface area (Å²) in [5.41, 5.74) is 1.24. The van der Waals surface area contributed by atoms with Gasteiger partial charge in [-0.2, -0.15) is 0 Å². The number of cyclic esters (lactones) is 1. The third-order valence-electron chi connectivity index (χ3n) is 3.27. The van der Waals surface area contributed by atoms with Crippen molar-refractivity contribution in [1.82, 2.24) is 0 Å². The molecule has 1 aliphatic heterocycles. The first kappa shape index (κ1) is 13.5. The molecule has 1 unspecified atom stereocenters. The minimum Gasteiger partial charge on any atom is -0.508 e. The summed E-state index contributed by atoms with van der Waals surface area (Å²) in [5.74, 6) is -0.826. The van der Waals surface area contributed by atoms with Crippen molar-refractivity contribution in [2.45, 2.75) is 38.7 Å². The number of hydrogen-bond donors (Lipinski definition) is 2. The van der Waals surface area contributed by atoms with Gasteiger partial charge in [0.2, 0.25) is 5.76 Å². The van der Waals surface area contributed by atoms with Gasteiger partial charge < -0.3 is 14.9 Å². The second-order valence-electron chi connectivity index (χ2n) is 4.70. The average Bonchev–Trinajstić information content (AvgIpc) is 2.67. The Kier molecular flexibility index (Phi) is 4.10. The molecule has 2 N–H and O–H groups in total. The van der Waals surface area contributed by atoms with E-state index in [9.17, 15) is 15.0 Å². The number of carbonyl (C=O) groups is 1. The van der Waals surface area contributed by atoms with Crippen LogP contribution in [0.25, 0.3) is 5.57 Å². The van der Waals surface area contributed by atoms with E-state index >= 15 is 0 Å². The molecule has 1 aliphatic rings. The van der Waals surface area contributed by atoms with Crippen LogP contribution in [0.4, 0.5) is 0 Å². The van der Waals surface area contributed by atoms with E-state index in [1.807, 2.05) is 0 Å². The van der Waals surface area contributed by atoms with Crippen molar-refractivity contribution in [2.75, 3.05) is 0 Å². The second-order valence-corrected chi connectivity index (χ2v) is 4.70. The first-order chi connectivity index (χ1) is 9.13. The lowest BCUT2D eigenvalue weighted by Gasteiger charge is -2.13. The monoisotopic (exact) mass is 262 g/mol. The molecular weight excluding hydrogens is 244 g/mol. The van der Waals surface area contributed by atoms with Crippen molar-refractivity contribution < 1.29 is 19.7 Å². The van der Waals surface area contributed by atoms with Gasteiger partial charge in [0.05, 0.1) is 0 Å². The Labute approximate surface area is 112 Å². The average molecular weight is 262 g/mol. The van der Waals surface area contributed by atoms with Crippen molar-refractivity contribution in [3.8, 4) is 5.75 Å². The fourth-order valence-electron chi connectivity index (χ4n) is 2.25. The first-order valence-electron chi connectivity index (χ1n) is 6.57. The van der Waals surface area contributed by atoms with Gasteiger partial charge >= 0.3 is 5.97 Å². The van der Waals surface area contributed by atoms with Crippen LogP contribution >= 0.6 is 0 Å². The molecule has 0 aliphatic carbocycles. The third kappa shape index (κ3) is 2.89. The summed E-state index contributed by atoms with van der Waals surface area (Å²) in [6.45, 7) is 2.11. The number of aromatic hydroxyl groups is 1. The largest absolute Gasteiger partial charge is 0.508 e. The predicted molar refractivity (Wildman–Crippen MR) is 71.7 cm³/mol. The molecule has 1 heterocycles. The Bertz CT molecular complexity index is 487. The van der Waals surface area contributed by atoms with E-state index in [0.29, 0.717) is 17.6 Å². The fraction of sp³-hybridized carbons (Fsp3) is 0.400. The normalized spacial score (nSPS) is 18.8. The highest BCUT2D eigenvalue weighted by atomic mass is 16.6. The number of unbranched alkanes of at least 4 members (excludes halogenated alkanes) is 2. The van der Waals surface area contributed by atoms with Gasteiger partial charge in [-0.15, -0.1) is 0 Å². The number of hydrogen-bond acceptors (Lipinski definition) is 4. The van der Waals surface area contributed by atoms with Crippen LogP contribution in [0.5, 0.6) is 5.75 Å². The van der Waals surface area contributed by atoms with E-state index in [2.05, 4.69) is 6.92 Å². The Morgan fingerprint density at radius 2 is 1.84 bits per heavy atom. The molecule has 0 bridgehead atoms. The molecule has 0 saturated carbocycles. The number of aliphatic hydroxyl groups is 1. The maximum Gasteiger partial charge on any atom is 0.374 e. The summed E-state index contributed by atoms with van der Waals surface area (Å²) in [6.07, 6.45) is 3.43. The number of ether oxygens (including phenoxy) is 1. The van der Waals surface area contributed by atoms with Crippen molar-refractivity contribution in [3.63, 3.8) is 0 Å². The van der Waals surface area contributed by atoms with E-state index in [4.69, 9.17) is 4.74 Å². The van der Waals surface area contributed by atoms with E-state index in [0.717, 1.165) is 19.3 Å². The summed E-state index contributed by atoms with van der Waals surface area (Å²) >= 11 is 0. The van der Waals surface area contributed by atoms with Crippen LogP contribution in [0.15, 0.2) is 30.0 Å². The molecule has 0 aromatic heterocycles. The highest BCUT2D eigenvalue weighted by Gasteiger charge is 2.34. The van der Waals surface area contributed by atoms with Gasteiger partial charge in [-0.3, -0.25) is 0 Å². The van der Waals surface area contributed by atoms with Crippen molar-refractivity contribution in [3.05, 3.63) is 35.6 Å². The van der Waals surface area contributed by atoms with Gasteiger partial charge in [0, 0.05) is 5.57 Å². The van der Waals surface area contributed by atoms with E-state index in [-0.39, 0.29) is 17.6 Å². The molecule has 0 spiro atoms. The van der Waals surface area contributed by atoms with Crippen molar-refractivity contribution in [2.24, 2.45) is 0 Å². The van der Waals surface area contributed by atoms with Crippen LogP contribution in [0, 0.1) is 0 Å². The zero-order valence-corrected chi connectivity index (χ0v) is 10.9. The lowest BCUT2D eigenvalue weighted by molar-refractivity contribution is -0.142. The lowest BCUT2D eigenvalue weighted by atomic mass is 9.96. The molecule has 4 heteroatoms. The van der Waals surface area contributed by atoms with Gasteiger partial charge in [0.15, 0.2) is 0 Å². The van der Waals surface area contributed by atoms with Crippen LogP contribution < -0.4 is 0 Å². The molecule has 0 amide bonds. The minimum atomic E-state index is -0.662. The molecule has 19 heavy (non-hydrogen) atoms. The first-order valence-corrected chi connectivity index (χ1v) is 6.57. The zero-order chi connectivity index (χ0) is 13.8. The number of aliphatic hydroxyl groups excluding tert-OH is 1. The highest BCUT2D eigenvalue weighted by molar-refractivity contribution is 6.00. The summed E-state index contributed by atoms with van der Waals surface area (Å²) < 4.78 is 5.19. The topological polar surface area (TPSA) is 66.8 Å². The predicted octanol–water partition coefficient (Wildman–Crippen LogP) is 3.17. The number of phenols is 1. The molecule has 1 atom stereocenters. The van der Waals surface area contributed by atoms with E-state index < -0.39 is 5.97 Å². The Morgan fingerprint density at radius 3 is 2.47 bits per heavy atom. The Balaban J connectivity index is 2.22. The second kappa shape index (κ2) is 5.78. The standard InChI is InChI=1S/C15H18O4/c1-2-3-4-5-12-13(14(17)15(18)19-12)10-6-8-11(16)9-7-10/h6-9,12,16-17H,2-5H2,1H3. The molecule has 1 aromatic rings. The fourth-order valence-corrected chi connectivity index (χ4v) is 2.25. The zero-order valence-electron chi connectivity index (χ0n) is 10.9. The molecule has 0 fully saturated rings. The molecule has 1 aromatic carbocycles. The number of carbonyl (C=O) groups excluding carboxylic acids is 1. The van der Waals surface area contributed by atoms with E-state index in [1.165, 1.54) is 12.1 Å². The maximum atomic E-state index is 11.5. The van der Waals surface area contributed by atoms with Gasteiger partial charge in [-0.1, -0.05) is 31.9 Å². The van der Waals surface area contributed by atoms with Crippen LogP contribution in [-0.2, 0) is 9.53 Å². The molecule has 0 radical (unpaired) electrons. The van der Waals surface area contributed by atoms with Crippen molar-refractivity contribution in [1.29, 1.82) is 0 Å². The molecule has 0 saturated heterocycles. The number of esters is 1. The SMILES string of the molecule is CCCCCC1OC(=O)C(O)=C1c1ccc(O)cc1. The Hall–Kier alpha value is -1.97. The van der Waals surface area contributed by atoms with Gasteiger partial charge in [-0.25, -0.2) is 4.79 Å².